The lowest BCUT2D eigenvalue weighted by atomic mass is 10.1. The highest BCUT2D eigenvalue weighted by Gasteiger charge is 2.25. The Balaban J connectivity index is 2.32. The van der Waals surface area contributed by atoms with Crippen molar-refractivity contribution in [3.05, 3.63) is 88.4 Å². The lowest BCUT2D eigenvalue weighted by Gasteiger charge is -2.22. The highest BCUT2D eigenvalue weighted by atomic mass is 79.9. The first-order chi connectivity index (χ1) is 12.5. The fourth-order valence-electron chi connectivity index (χ4n) is 2.66. The predicted molar refractivity (Wildman–Crippen MR) is 107 cm³/mol. The molecule has 4 nitrogen and oxygen atoms in total. The molecule has 0 heterocycles. The monoisotopic (exact) mass is 428 g/mol. The zero-order chi connectivity index (χ0) is 18.7. The van der Waals surface area contributed by atoms with Crippen LogP contribution in [0.15, 0.2) is 77.3 Å². The van der Waals surface area contributed by atoms with Gasteiger partial charge < -0.3 is 10.2 Å². The molecule has 0 amide bonds. The minimum absolute atomic E-state index is 0.0457. The number of benzene rings is 3. The molecule has 0 aliphatic rings. The lowest BCUT2D eigenvalue weighted by Crippen LogP contribution is -2.26. The van der Waals surface area contributed by atoms with Crippen molar-refractivity contribution in [2.45, 2.75) is 0 Å². The molecule has 3 aromatic rings. The summed E-state index contributed by atoms with van der Waals surface area (Å²) < 4.78 is 0.252. The Morgan fingerprint density at radius 3 is 1.62 bits per heavy atom. The Labute approximate surface area is 160 Å². The maximum absolute atomic E-state index is 11.9. The third-order valence-electron chi connectivity index (χ3n) is 3.82. The van der Waals surface area contributed by atoms with Crippen LogP contribution in [0, 0.1) is 0 Å². The van der Waals surface area contributed by atoms with E-state index >= 15 is 0 Å². The Morgan fingerprint density at radius 1 is 0.731 bits per heavy atom. The highest BCUT2D eigenvalue weighted by molar-refractivity contribution is 9.10. The zero-order valence-electron chi connectivity index (χ0n) is 13.5. The van der Waals surface area contributed by atoms with Crippen LogP contribution in [0.1, 0.15) is 20.7 Å². The van der Waals surface area contributed by atoms with E-state index in [9.17, 15) is 19.8 Å². The second-order valence-electron chi connectivity index (χ2n) is 5.47. The van der Waals surface area contributed by atoms with Gasteiger partial charge in [-0.1, -0.05) is 60.7 Å². The quantitative estimate of drug-likeness (QED) is 0.608. The van der Waals surface area contributed by atoms with Gasteiger partial charge in [0.15, 0.2) is 0 Å². The van der Waals surface area contributed by atoms with E-state index in [4.69, 9.17) is 0 Å². The van der Waals surface area contributed by atoms with Gasteiger partial charge in [0, 0.05) is 9.78 Å². The van der Waals surface area contributed by atoms with Gasteiger partial charge in [0.05, 0.1) is 11.1 Å². The Hall–Kier alpha value is -2.49. The van der Waals surface area contributed by atoms with Gasteiger partial charge in [0.2, 0.25) is 0 Å². The number of halogens is 1. The summed E-state index contributed by atoms with van der Waals surface area (Å²) in [7, 11) is -1.22. The van der Waals surface area contributed by atoms with Gasteiger partial charge >= 0.3 is 11.9 Å². The zero-order valence-corrected chi connectivity index (χ0v) is 15.9. The van der Waals surface area contributed by atoms with Crippen molar-refractivity contribution in [2.24, 2.45) is 0 Å². The van der Waals surface area contributed by atoms with Crippen molar-refractivity contribution < 1.29 is 19.8 Å². The van der Waals surface area contributed by atoms with E-state index in [0.717, 1.165) is 10.6 Å². The molecule has 3 aromatic carbocycles. The molecule has 0 aliphatic heterocycles. The number of hydrogen-bond acceptors (Lipinski definition) is 2. The van der Waals surface area contributed by atoms with Crippen LogP contribution in [-0.4, -0.2) is 22.2 Å². The average Bonchev–Trinajstić information content (AvgIpc) is 2.64. The molecule has 0 atom stereocenters. The van der Waals surface area contributed by atoms with Crippen LogP contribution in [-0.2, 0) is 0 Å². The van der Waals surface area contributed by atoms with Gasteiger partial charge in [-0.2, -0.15) is 0 Å². The summed E-state index contributed by atoms with van der Waals surface area (Å²) in [5.41, 5.74) is 0.144. The van der Waals surface area contributed by atoms with Crippen LogP contribution in [0.4, 0.5) is 0 Å². The fourth-order valence-corrected chi connectivity index (χ4v) is 5.63. The van der Waals surface area contributed by atoms with Crippen molar-refractivity contribution in [3.63, 3.8) is 0 Å². The van der Waals surface area contributed by atoms with E-state index in [1.54, 1.807) is 0 Å². The SMILES string of the molecule is O=C(O)c1cc(P(c2ccccc2)c2ccccc2)c(C(=O)O)cc1Br. The summed E-state index contributed by atoms with van der Waals surface area (Å²) in [4.78, 5) is 23.4. The van der Waals surface area contributed by atoms with Crippen molar-refractivity contribution in [3.8, 4) is 0 Å². The van der Waals surface area contributed by atoms with Gasteiger partial charge in [-0.25, -0.2) is 9.59 Å². The second kappa shape index (κ2) is 7.81. The number of hydrogen-bond donors (Lipinski definition) is 2. The first-order valence-corrected chi connectivity index (χ1v) is 9.83. The molecule has 6 heteroatoms. The summed E-state index contributed by atoms with van der Waals surface area (Å²) in [5, 5.41) is 21.6. The van der Waals surface area contributed by atoms with Crippen molar-refractivity contribution >= 4 is 51.7 Å². The standard InChI is InChI=1S/C20H14BrO4P/c21-17-11-16(20(24)25)18(12-15(17)19(22)23)26(13-7-3-1-4-8-13)14-9-5-2-6-10-14/h1-12H,(H,22,23)(H,24,25). The number of rotatable bonds is 5. The predicted octanol–water partition coefficient (Wildman–Crippen LogP) is 3.60. The van der Waals surface area contributed by atoms with Crippen LogP contribution in [0.3, 0.4) is 0 Å². The number of aromatic carboxylic acids is 2. The maximum atomic E-state index is 11.9. The minimum atomic E-state index is -1.22. The van der Waals surface area contributed by atoms with E-state index in [-0.39, 0.29) is 15.6 Å². The Kier molecular flexibility index (Phi) is 5.50. The lowest BCUT2D eigenvalue weighted by molar-refractivity contribution is 0.0681. The Morgan fingerprint density at radius 2 is 1.19 bits per heavy atom. The molecule has 0 unspecified atom stereocenters. The van der Waals surface area contributed by atoms with Crippen molar-refractivity contribution in [1.82, 2.24) is 0 Å². The van der Waals surface area contributed by atoms with Crippen molar-refractivity contribution in [1.29, 1.82) is 0 Å². The normalized spacial score (nSPS) is 10.7. The van der Waals surface area contributed by atoms with Crippen LogP contribution in [0.2, 0.25) is 0 Å². The molecule has 0 aromatic heterocycles. The summed E-state index contributed by atoms with van der Waals surface area (Å²) in [5.74, 6) is -2.19. The molecule has 130 valence electrons. The molecule has 0 saturated heterocycles. The third kappa shape index (κ3) is 3.69. The molecule has 0 spiro atoms. The van der Waals surface area contributed by atoms with Crippen LogP contribution < -0.4 is 15.9 Å². The number of carbonyl (C=O) groups is 2. The van der Waals surface area contributed by atoms with Crippen LogP contribution in [0.5, 0.6) is 0 Å². The average molecular weight is 429 g/mol. The van der Waals surface area contributed by atoms with Gasteiger partial charge in [-0.15, -0.1) is 0 Å². The molecule has 0 aliphatic carbocycles. The fraction of sp³-hybridized carbons (Fsp3) is 0. The van der Waals surface area contributed by atoms with Crippen LogP contribution in [0.25, 0.3) is 0 Å². The molecular weight excluding hydrogens is 415 g/mol. The summed E-state index contributed by atoms with van der Waals surface area (Å²) in [6.07, 6.45) is 0. The van der Waals surface area contributed by atoms with E-state index < -0.39 is 19.9 Å². The smallest absolute Gasteiger partial charge is 0.336 e. The molecule has 0 fully saturated rings. The molecule has 0 radical (unpaired) electrons. The maximum Gasteiger partial charge on any atom is 0.336 e. The van der Waals surface area contributed by atoms with Gasteiger partial charge in [0.1, 0.15) is 0 Å². The highest BCUT2D eigenvalue weighted by Crippen LogP contribution is 2.36. The van der Waals surface area contributed by atoms with Gasteiger partial charge in [-0.05, 0) is 46.6 Å². The molecule has 0 bridgehead atoms. The minimum Gasteiger partial charge on any atom is -0.478 e. The van der Waals surface area contributed by atoms with E-state index in [2.05, 4.69) is 15.9 Å². The summed E-state index contributed by atoms with van der Waals surface area (Å²) in [6, 6.07) is 22.0. The van der Waals surface area contributed by atoms with E-state index in [1.807, 2.05) is 60.7 Å². The first-order valence-electron chi connectivity index (χ1n) is 7.69. The first kappa shape index (κ1) is 18.3. The van der Waals surface area contributed by atoms with Crippen molar-refractivity contribution in [2.75, 3.05) is 0 Å². The van der Waals surface area contributed by atoms with Gasteiger partial charge in [-0.3, -0.25) is 0 Å². The molecular formula is C20H14BrO4P. The summed E-state index contributed by atoms with van der Waals surface area (Å²) in [6.45, 7) is 0. The third-order valence-corrected chi connectivity index (χ3v) is 6.95. The largest absolute Gasteiger partial charge is 0.478 e. The molecule has 26 heavy (non-hydrogen) atoms. The molecule has 2 N–H and O–H groups in total. The Bertz CT molecular complexity index is 919. The van der Waals surface area contributed by atoms with E-state index in [1.165, 1.54) is 12.1 Å². The van der Waals surface area contributed by atoms with Gasteiger partial charge in [0.25, 0.3) is 0 Å². The molecule has 3 rings (SSSR count). The second-order valence-corrected chi connectivity index (χ2v) is 8.51. The number of carboxylic acids is 2. The summed E-state index contributed by atoms with van der Waals surface area (Å²) >= 11 is 3.17. The van der Waals surface area contributed by atoms with Crippen LogP contribution >= 0.6 is 23.9 Å². The van der Waals surface area contributed by atoms with E-state index in [0.29, 0.717) is 5.30 Å². The molecule has 0 saturated carbocycles. The topological polar surface area (TPSA) is 74.6 Å². The number of carboxylic acid groups (broad SMARTS) is 2.